The van der Waals surface area contributed by atoms with Crippen LogP contribution >= 0.6 is 0 Å². The summed E-state index contributed by atoms with van der Waals surface area (Å²) in [5.74, 6) is -1.08. The highest BCUT2D eigenvalue weighted by atomic mass is 16.2. The van der Waals surface area contributed by atoms with E-state index in [4.69, 9.17) is 0 Å². The van der Waals surface area contributed by atoms with Gasteiger partial charge in [0, 0.05) is 23.0 Å². The molecule has 31 heavy (non-hydrogen) atoms. The van der Waals surface area contributed by atoms with Crippen LogP contribution in [-0.4, -0.2) is 26.6 Å². The number of nitrogens with zero attached hydrogens (tertiary/aromatic N) is 3. The summed E-state index contributed by atoms with van der Waals surface area (Å²) in [5, 5.41) is 5.68. The molecule has 8 nitrogen and oxygen atoms in total. The van der Waals surface area contributed by atoms with E-state index in [1.165, 1.54) is 4.68 Å². The molecule has 0 radical (unpaired) electrons. The van der Waals surface area contributed by atoms with Crippen LogP contribution in [0.5, 0.6) is 0 Å². The summed E-state index contributed by atoms with van der Waals surface area (Å²) in [6.45, 7) is 5.82. The zero-order valence-electron chi connectivity index (χ0n) is 17.4. The Hall–Kier alpha value is -4.07. The highest BCUT2D eigenvalue weighted by molar-refractivity contribution is 6.09. The predicted molar refractivity (Wildman–Crippen MR) is 118 cm³/mol. The number of hydrazine groups is 1. The lowest BCUT2D eigenvalue weighted by Gasteiger charge is -2.12. The Morgan fingerprint density at radius 1 is 0.935 bits per heavy atom. The maximum absolute atomic E-state index is 12.9. The fourth-order valence-corrected chi connectivity index (χ4v) is 3.52. The quantitative estimate of drug-likeness (QED) is 0.501. The van der Waals surface area contributed by atoms with Gasteiger partial charge in [0.25, 0.3) is 17.4 Å². The van der Waals surface area contributed by atoms with Crippen molar-refractivity contribution in [2.75, 3.05) is 0 Å². The molecule has 0 aliphatic carbocycles. The Balaban J connectivity index is 1.65. The van der Waals surface area contributed by atoms with Crippen LogP contribution in [0.3, 0.4) is 0 Å². The maximum Gasteiger partial charge on any atom is 0.290 e. The van der Waals surface area contributed by atoms with Gasteiger partial charge in [0.1, 0.15) is 0 Å². The van der Waals surface area contributed by atoms with Gasteiger partial charge in [-0.15, -0.1) is 0 Å². The summed E-state index contributed by atoms with van der Waals surface area (Å²) in [6.07, 6.45) is 0. The number of aromatic nitrogens is 3. The lowest BCUT2D eigenvalue weighted by Crippen LogP contribution is -2.43. The summed E-state index contributed by atoms with van der Waals surface area (Å²) < 4.78 is 1.22. The number of hydrogen-bond acceptors (Lipinski definition) is 5. The van der Waals surface area contributed by atoms with Crippen LogP contribution in [0.1, 0.15) is 39.0 Å². The zero-order valence-corrected chi connectivity index (χ0v) is 17.4. The molecule has 4 aromatic rings. The van der Waals surface area contributed by atoms with Gasteiger partial charge in [-0.1, -0.05) is 29.8 Å². The van der Waals surface area contributed by atoms with Gasteiger partial charge in [0.15, 0.2) is 5.69 Å². The number of amides is 2. The van der Waals surface area contributed by atoms with E-state index in [1.807, 2.05) is 25.1 Å². The second-order valence-corrected chi connectivity index (χ2v) is 7.26. The van der Waals surface area contributed by atoms with Crippen molar-refractivity contribution in [2.45, 2.75) is 27.3 Å². The van der Waals surface area contributed by atoms with E-state index in [1.54, 1.807) is 44.2 Å². The summed E-state index contributed by atoms with van der Waals surface area (Å²) in [7, 11) is 0. The zero-order chi connectivity index (χ0) is 22.1. The monoisotopic (exact) mass is 415 g/mol. The molecule has 2 amide bonds. The molecule has 0 saturated carbocycles. The molecule has 156 valence electrons. The molecule has 0 fully saturated rings. The molecular formula is C23H21N5O3. The lowest BCUT2D eigenvalue weighted by molar-refractivity contribution is 0.0844. The summed E-state index contributed by atoms with van der Waals surface area (Å²) >= 11 is 0. The first kappa shape index (κ1) is 20.2. The molecular weight excluding hydrogens is 394 g/mol. The van der Waals surface area contributed by atoms with Crippen molar-refractivity contribution in [3.8, 4) is 0 Å². The summed E-state index contributed by atoms with van der Waals surface area (Å²) in [4.78, 5) is 42.6. The largest absolute Gasteiger partial charge is 0.290 e. The number of nitrogens with one attached hydrogen (secondary N) is 2. The standard InChI is InChI=1S/C23H21N5O3/c1-4-28-23(31)16-8-6-5-7-15(16)20(27-28)22(30)26-25-21(29)18-12-14(3)24-19-10-9-13(2)11-17(18)19/h5-12H,4H2,1-3H3,(H,25,29)(H,26,30). The molecule has 8 heteroatoms. The number of pyridine rings is 1. The Labute approximate surface area is 177 Å². The van der Waals surface area contributed by atoms with Gasteiger partial charge in [-0.25, -0.2) is 4.68 Å². The second-order valence-electron chi connectivity index (χ2n) is 7.26. The smallest absolute Gasteiger partial charge is 0.267 e. The molecule has 2 aromatic carbocycles. The Morgan fingerprint density at radius 2 is 1.65 bits per heavy atom. The van der Waals surface area contributed by atoms with Gasteiger partial charge in [-0.05, 0) is 45.0 Å². The fraction of sp³-hybridized carbons (Fsp3) is 0.174. The SMILES string of the molecule is CCn1nc(C(=O)NNC(=O)c2cc(C)nc3ccc(C)cc23)c2ccccc2c1=O. The van der Waals surface area contributed by atoms with E-state index in [0.29, 0.717) is 39.5 Å². The Bertz CT molecular complexity index is 1410. The molecule has 0 bridgehead atoms. The number of rotatable bonds is 3. The van der Waals surface area contributed by atoms with E-state index in [0.717, 1.165) is 5.56 Å². The van der Waals surface area contributed by atoms with E-state index in [2.05, 4.69) is 20.9 Å². The third kappa shape index (κ3) is 3.75. The number of carbonyl (C=O) groups is 2. The first-order chi connectivity index (χ1) is 14.9. The van der Waals surface area contributed by atoms with Crippen molar-refractivity contribution in [3.63, 3.8) is 0 Å². The van der Waals surface area contributed by atoms with Crippen LogP contribution in [0.25, 0.3) is 21.7 Å². The molecule has 0 saturated heterocycles. The van der Waals surface area contributed by atoms with Crippen molar-refractivity contribution >= 4 is 33.5 Å². The third-order valence-corrected chi connectivity index (χ3v) is 5.01. The van der Waals surface area contributed by atoms with E-state index in [9.17, 15) is 14.4 Å². The number of benzene rings is 2. The van der Waals surface area contributed by atoms with Crippen molar-refractivity contribution in [2.24, 2.45) is 0 Å². The van der Waals surface area contributed by atoms with Crippen LogP contribution in [0.2, 0.25) is 0 Å². The first-order valence-electron chi connectivity index (χ1n) is 9.87. The molecule has 0 atom stereocenters. The minimum absolute atomic E-state index is 0.0592. The van der Waals surface area contributed by atoms with Crippen LogP contribution < -0.4 is 16.4 Å². The van der Waals surface area contributed by atoms with Crippen LogP contribution in [0.15, 0.2) is 53.3 Å². The van der Waals surface area contributed by atoms with Crippen LogP contribution in [-0.2, 0) is 6.54 Å². The lowest BCUT2D eigenvalue weighted by atomic mass is 10.0. The Kier molecular flexibility index (Phi) is 5.21. The van der Waals surface area contributed by atoms with E-state index < -0.39 is 11.8 Å². The van der Waals surface area contributed by atoms with Crippen molar-refractivity contribution in [1.29, 1.82) is 0 Å². The van der Waals surface area contributed by atoms with Gasteiger partial charge in [-0.3, -0.25) is 30.2 Å². The summed E-state index contributed by atoms with van der Waals surface area (Å²) in [5.41, 5.74) is 7.46. The number of fused-ring (bicyclic) bond motifs is 2. The maximum atomic E-state index is 12.9. The summed E-state index contributed by atoms with van der Waals surface area (Å²) in [6, 6.07) is 14.1. The fourth-order valence-electron chi connectivity index (χ4n) is 3.52. The molecule has 0 spiro atoms. The highest BCUT2D eigenvalue weighted by Gasteiger charge is 2.18. The van der Waals surface area contributed by atoms with Crippen molar-refractivity contribution < 1.29 is 9.59 Å². The van der Waals surface area contributed by atoms with Gasteiger partial charge in [0.05, 0.1) is 16.5 Å². The molecule has 2 N–H and O–H groups in total. The topological polar surface area (TPSA) is 106 Å². The van der Waals surface area contributed by atoms with Gasteiger partial charge >= 0.3 is 0 Å². The molecule has 2 heterocycles. The van der Waals surface area contributed by atoms with Gasteiger partial charge in [0.2, 0.25) is 0 Å². The van der Waals surface area contributed by atoms with E-state index >= 15 is 0 Å². The molecule has 0 aliphatic rings. The molecule has 0 unspecified atom stereocenters. The Morgan fingerprint density at radius 3 is 2.39 bits per heavy atom. The van der Waals surface area contributed by atoms with E-state index in [-0.39, 0.29) is 11.3 Å². The van der Waals surface area contributed by atoms with Crippen molar-refractivity contribution in [1.82, 2.24) is 25.6 Å². The van der Waals surface area contributed by atoms with Crippen LogP contribution in [0.4, 0.5) is 0 Å². The number of aryl methyl sites for hydroxylation is 3. The second kappa shape index (κ2) is 7.98. The average molecular weight is 415 g/mol. The van der Waals surface area contributed by atoms with Crippen LogP contribution in [0, 0.1) is 13.8 Å². The van der Waals surface area contributed by atoms with Gasteiger partial charge in [-0.2, -0.15) is 5.10 Å². The first-order valence-corrected chi connectivity index (χ1v) is 9.87. The van der Waals surface area contributed by atoms with Gasteiger partial charge < -0.3 is 0 Å². The van der Waals surface area contributed by atoms with Crippen molar-refractivity contribution in [3.05, 3.63) is 81.4 Å². The molecule has 2 aromatic heterocycles. The third-order valence-electron chi connectivity index (χ3n) is 5.01. The molecule has 0 aliphatic heterocycles. The molecule has 4 rings (SSSR count). The number of carbonyl (C=O) groups excluding carboxylic acids is 2. The number of hydrogen-bond donors (Lipinski definition) is 2. The minimum Gasteiger partial charge on any atom is -0.267 e. The normalized spacial score (nSPS) is 10.9. The highest BCUT2D eigenvalue weighted by Crippen LogP contribution is 2.20. The average Bonchev–Trinajstić information content (AvgIpc) is 2.77. The minimum atomic E-state index is -0.613. The predicted octanol–water partition coefficient (Wildman–Crippen LogP) is 2.66.